The van der Waals surface area contributed by atoms with E-state index in [9.17, 15) is 19.0 Å². The standard InChI is InChI=1S/C23H26FN3O.C18H15BrFNO/c1-15-22(16(2)28)23(17-4-6-18(24)7-5-17)20-14-19(8-9-21(20)25-15)27-12-10-26(3)11-13-27;1-10-17(11(2)22)18(12-3-6-14(20)7-4-12)15-9-13(19)5-8-16(15)21-10/h4-9,14,16,28H,10-13H2,1-3H3;3-9,11,22H,1-2H3. The first-order valence-corrected chi connectivity index (χ1v) is 17.6. The summed E-state index contributed by atoms with van der Waals surface area (Å²) in [5, 5.41) is 22.6. The lowest BCUT2D eigenvalue weighted by Gasteiger charge is -2.34. The molecule has 1 fully saturated rings. The molecule has 0 amide bonds. The van der Waals surface area contributed by atoms with Crippen molar-refractivity contribution < 1.29 is 19.0 Å². The predicted octanol–water partition coefficient (Wildman–Crippen LogP) is 9.32. The van der Waals surface area contributed by atoms with Crippen molar-refractivity contribution >= 4 is 43.4 Å². The number of likely N-dealkylation sites (N-methyl/N-ethyl adjacent to an activating group) is 1. The molecule has 1 aliphatic heterocycles. The molecule has 258 valence electrons. The van der Waals surface area contributed by atoms with Crippen LogP contribution >= 0.6 is 15.9 Å². The van der Waals surface area contributed by atoms with Gasteiger partial charge in [-0.15, -0.1) is 0 Å². The normalized spacial score (nSPS) is 14.8. The zero-order valence-corrected chi connectivity index (χ0v) is 30.5. The van der Waals surface area contributed by atoms with E-state index in [2.05, 4.69) is 56.0 Å². The number of hydrogen-bond donors (Lipinski definition) is 2. The molecule has 1 aliphatic rings. The number of halogens is 3. The number of anilines is 1. The largest absolute Gasteiger partial charge is 0.389 e. The highest BCUT2D eigenvalue weighted by molar-refractivity contribution is 9.10. The van der Waals surface area contributed by atoms with Gasteiger partial charge in [0.25, 0.3) is 0 Å². The van der Waals surface area contributed by atoms with Crippen LogP contribution in [0.15, 0.2) is 89.4 Å². The van der Waals surface area contributed by atoms with Crippen molar-refractivity contribution in [2.45, 2.75) is 39.9 Å². The van der Waals surface area contributed by atoms with Crippen LogP contribution in [-0.4, -0.2) is 58.3 Å². The highest BCUT2D eigenvalue weighted by Crippen LogP contribution is 2.39. The molecule has 1 saturated heterocycles. The van der Waals surface area contributed by atoms with Crippen LogP contribution in [0.3, 0.4) is 0 Å². The van der Waals surface area contributed by atoms with Crippen LogP contribution < -0.4 is 4.90 Å². The van der Waals surface area contributed by atoms with Crippen LogP contribution in [0, 0.1) is 25.5 Å². The van der Waals surface area contributed by atoms with E-state index in [1.54, 1.807) is 38.1 Å². The van der Waals surface area contributed by atoms with Crippen molar-refractivity contribution in [3.05, 3.63) is 124 Å². The van der Waals surface area contributed by atoms with E-state index in [-0.39, 0.29) is 11.6 Å². The maximum absolute atomic E-state index is 13.5. The summed E-state index contributed by atoms with van der Waals surface area (Å²) in [6.45, 7) is 11.3. The maximum Gasteiger partial charge on any atom is 0.123 e. The minimum absolute atomic E-state index is 0.268. The molecule has 7 rings (SSSR count). The van der Waals surface area contributed by atoms with Gasteiger partial charge in [0.05, 0.1) is 23.2 Å². The SMILES string of the molecule is Cc1nc2ccc(Br)cc2c(-c2ccc(F)cc2)c1C(C)O.Cc1nc2ccc(N3CCN(C)CC3)cc2c(-c2ccc(F)cc2)c1C(C)O. The summed E-state index contributed by atoms with van der Waals surface area (Å²) in [5.41, 5.74) is 9.65. The van der Waals surface area contributed by atoms with Gasteiger partial charge in [-0.2, -0.15) is 0 Å². The fourth-order valence-electron chi connectivity index (χ4n) is 6.90. The van der Waals surface area contributed by atoms with Crippen LogP contribution in [-0.2, 0) is 0 Å². The average molecular weight is 740 g/mol. The van der Waals surface area contributed by atoms with Gasteiger partial charge < -0.3 is 20.0 Å². The van der Waals surface area contributed by atoms with Crippen LogP contribution in [0.1, 0.15) is 48.6 Å². The minimum atomic E-state index is -0.663. The number of aliphatic hydroxyl groups excluding tert-OH is 2. The summed E-state index contributed by atoms with van der Waals surface area (Å²) in [5.74, 6) is -0.547. The fourth-order valence-corrected chi connectivity index (χ4v) is 7.26. The van der Waals surface area contributed by atoms with Crippen LogP contribution in [0.4, 0.5) is 14.5 Å². The van der Waals surface area contributed by atoms with E-state index in [4.69, 9.17) is 4.98 Å². The second-order valence-electron chi connectivity index (χ2n) is 13.0. The minimum Gasteiger partial charge on any atom is -0.389 e. The first kappa shape index (κ1) is 35.5. The number of aromatic nitrogens is 2. The number of piperazine rings is 1. The Morgan fingerprint density at radius 3 is 1.54 bits per heavy atom. The monoisotopic (exact) mass is 738 g/mol. The van der Waals surface area contributed by atoms with E-state index < -0.39 is 12.2 Å². The Morgan fingerprint density at radius 2 is 1.08 bits per heavy atom. The molecule has 6 nitrogen and oxygen atoms in total. The van der Waals surface area contributed by atoms with Crippen molar-refractivity contribution in [3.8, 4) is 22.3 Å². The Hall–Kier alpha value is -4.28. The summed E-state index contributed by atoms with van der Waals surface area (Å²) in [7, 11) is 2.14. The third kappa shape index (κ3) is 7.42. The number of benzene rings is 4. The summed E-state index contributed by atoms with van der Waals surface area (Å²) in [6, 6.07) is 25.0. The second-order valence-corrected chi connectivity index (χ2v) is 13.9. The molecule has 0 saturated carbocycles. The molecule has 0 aliphatic carbocycles. The molecule has 2 aromatic heterocycles. The van der Waals surface area contributed by atoms with Gasteiger partial charge in [-0.3, -0.25) is 9.97 Å². The van der Waals surface area contributed by atoms with Gasteiger partial charge in [0.15, 0.2) is 0 Å². The lowest BCUT2D eigenvalue weighted by molar-refractivity contribution is 0.198. The lowest BCUT2D eigenvalue weighted by Crippen LogP contribution is -2.44. The summed E-state index contributed by atoms with van der Waals surface area (Å²) in [6.07, 6.45) is -1.32. The highest BCUT2D eigenvalue weighted by Gasteiger charge is 2.21. The molecule has 0 bridgehead atoms. The van der Waals surface area contributed by atoms with Crippen LogP contribution in [0.5, 0.6) is 0 Å². The van der Waals surface area contributed by atoms with Crippen molar-refractivity contribution in [2.75, 3.05) is 38.1 Å². The molecule has 0 spiro atoms. The quantitative estimate of drug-likeness (QED) is 0.184. The van der Waals surface area contributed by atoms with Crippen LogP contribution in [0.2, 0.25) is 0 Å². The number of nitrogens with zero attached hydrogens (tertiary/aromatic N) is 4. The Kier molecular flexibility index (Phi) is 10.6. The van der Waals surface area contributed by atoms with Gasteiger partial charge in [0.1, 0.15) is 11.6 Å². The van der Waals surface area contributed by atoms with E-state index in [0.29, 0.717) is 0 Å². The van der Waals surface area contributed by atoms with E-state index in [1.165, 1.54) is 24.3 Å². The number of aliphatic hydroxyl groups is 2. The molecular formula is C41H41BrF2N4O2. The molecule has 2 N–H and O–H groups in total. The lowest BCUT2D eigenvalue weighted by atomic mass is 9.91. The first-order chi connectivity index (χ1) is 23.9. The van der Waals surface area contributed by atoms with Gasteiger partial charge in [0.2, 0.25) is 0 Å². The topological polar surface area (TPSA) is 72.7 Å². The van der Waals surface area contributed by atoms with E-state index >= 15 is 0 Å². The molecule has 0 radical (unpaired) electrons. The first-order valence-electron chi connectivity index (χ1n) is 16.8. The molecular weight excluding hydrogens is 698 g/mol. The summed E-state index contributed by atoms with van der Waals surface area (Å²) >= 11 is 3.48. The zero-order valence-electron chi connectivity index (χ0n) is 28.9. The molecule has 4 aromatic carbocycles. The fraction of sp³-hybridized carbons (Fsp3) is 0.268. The van der Waals surface area contributed by atoms with Crippen LogP contribution in [0.25, 0.3) is 44.1 Å². The van der Waals surface area contributed by atoms with Gasteiger partial charge >= 0.3 is 0 Å². The third-order valence-electron chi connectivity index (χ3n) is 9.34. The third-order valence-corrected chi connectivity index (χ3v) is 9.83. The number of fused-ring (bicyclic) bond motifs is 2. The molecule has 50 heavy (non-hydrogen) atoms. The van der Waals surface area contributed by atoms with Gasteiger partial charge in [-0.05, 0) is 118 Å². The second kappa shape index (κ2) is 14.9. The predicted molar refractivity (Wildman–Crippen MR) is 202 cm³/mol. The van der Waals surface area contributed by atoms with Crippen molar-refractivity contribution in [3.63, 3.8) is 0 Å². The summed E-state index contributed by atoms with van der Waals surface area (Å²) < 4.78 is 27.7. The Labute approximate surface area is 300 Å². The molecule has 2 unspecified atom stereocenters. The van der Waals surface area contributed by atoms with Crippen molar-refractivity contribution in [1.29, 1.82) is 0 Å². The smallest absolute Gasteiger partial charge is 0.123 e. The van der Waals surface area contributed by atoms with E-state index in [1.807, 2.05) is 32.0 Å². The Morgan fingerprint density at radius 1 is 0.640 bits per heavy atom. The molecule has 3 heterocycles. The number of rotatable bonds is 5. The van der Waals surface area contributed by atoms with Crippen molar-refractivity contribution in [2.24, 2.45) is 0 Å². The Bertz CT molecular complexity index is 2150. The highest BCUT2D eigenvalue weighted by atomic mass is 79.9. The van der Waals surface area contributed by atoms with Gasteiger partial charge in [0, 0.05) is 69.6 Å². The van der Waals surface area contributed by atoms with Gasteiger partial charge in [-0.25, -0.2) is 8.78 Å². The summed E-state index contributed by atoms with van der Waals surface area (Å²) in [4.78, 5) is 14.0. The van der Waals surface area contributed by atoms with E-state index in [0.717, 1.165) is 103 Å². The van der Waals surface area contributed by atoms with Crippen molar-refractivity contribution in [1.82, 2.24) is 14.9 Å². The number of pyridine rings is 2. The Balaban J connectivity index is 0.000000178. The number of aryl methyl sites for hydroxylation is 2. The maximum atomic E-state index is 13.5. The molecule has 2 atom stereocenters. The molecule has 9 heteroatoms. The molecule has 6 aromatic rings. The average Bonchev–Trinajstić information content (AvgIpc) is 3.08. The van der Waals surface area contributed by atoms with Gasteiger partial charge in [-0.1, -0.05) is 40.2 Å². The zero-order chi connectivity index (χ0) is 35.7. The number of hydrogen-bond acceptors (Lipinski definition) is 6.